The molecule has 470 valence electrons. The molecule has 2 amide bonds. The number of rotatable bonds is 19. The fourth-order valence-electron chi connectivity index (χ4n) is 10.3. The summed E-state index contributed by atoms with van der Waals surface area (Å²) in [4.78, 5) is 25.4. The van der Waals surface area contributed by atoms with E-state index in [1.807, 2.05) is 0 Å². The number of ether oxygens (including phenoxy) is 13. The van der Waals surface area contributed by atoms with Crippen LogP contribution in [0.5, 0.6) is 0 Å². The molecule has 0 aromatic heterocycles. The minimum atomic E-state index is -2.24. The Hall–Kier alpha value is -2.34. The van der Waals surface area contributed by atoms with Crippen LogP contribution in [0.4, 0.5) is 0 Å². The predicted octanol–water partition coefficient (Wildman–Crippen LogP) is -14.3. The van der Waals surface area contributed by atoms with Gasteiger partial charge in [-0.2, -0.15) is 0 Å². The molecule has 7 fully saturated rings. The Morgan fingerprint density at radius 3 is 1.44 bits per heavy atom. The third-order valence-electron chi connectivity index (χ3n) is 14.9. The maximum atomic E-state index is 12.9. The molecular weight excluding hydrogens is 1110 g/mol. The minimum Gasteiger partial charge on any atom is -0.394 e. The normalized spacial score (nSPS) is 50.8. The van der Waals surface area contributed by atoms with E-state index < -0.39 is 260 Å². The van der Waals surface area contributed by atoms with Crippen LogP contribution in [0.25, 0.3) is 0 Å². The van der Waals surface area contributed by atoms with Crippen LogP contribution < -0.4 is 10.6 Å². The molecule has 0 radical (unpaired) electrons. The van der Waals surface area contributed by atoms with Crippen LogP contribution in [0, 0.1) is 0 Å². The molecule has 0 unspecified atom stereocenters. The van der Waals surface area contributed by atoms with Crippen molar-refractivity contribution in [2.75, 3.05) is 39.6 Å². The lowest BCUT2D eigenvalue weighted by Crippen LogP contribution is -2.71. The highest BCUT2D eigenvalue weighted by molar-refractivity contribution is 5.73. The minimum absolute atomic E-state index is 0.695. The summed E-state index contributed by atoms with van der Waals surface area (Å²) in [5.41, 5.74) is 0. The number of amides is 2. The first-order valence-corrected chi connectivity index (χ1v) is 25.9. The lowest BCUT2D eigenvalue weighted by Gasteiger charge is -2.52. The van der Waals surface area contributed by atoms with Crippen molar-refractivity contribution in [2.45, 2.75) is 229 Å². The molecule has 34 atom stereocenters. The molecule has 36 heteroatoms. The van der Waals surface area contributed by atoms with Gasteiger partial charge in [-0.3, -0.25) is 9.59 Å². The van der Waals surface area contributed by atoms with Crippen LogP contribution in [0.2, 0.25) is 0 Å². The Balaban J connectivity index is 1.19. The first-order chi connectivity index (χ1) is 38.3. The van der Waals surface area contributed by atoms with Gasteiger partial charge in [0.25, 0.3) is 0 Å². The Labute approximate surface area is 459 Å². The number of nitrogens with one attached hydrogen (secondary N) is 2. The summed E-state index contributed by atoms with van der Waals surface area (Å²) >= 11 is 0. The number of aliphatic hydroxyl groups is 19. The fraction of sp³-hybridized carbons (Fsp3) is 0.956. The van der Waals surface area contributed by atoms with Crippen molar-refractivity contribution >= 4 is 11.8 Å². The van der Waals surface area contributed by atoms with Crippen LogP contribution in [-0.2, 0) is 71.2 Å². The topological polar surface area (TPSA) is 563 Å². The van der Waals surface area contributed by atoms with Gasteiger partial charge >= 0.3 is 0 Å². The molecule has 7 aliphatic heterocycles. The first kappa shape index (κ1) is 66.2. The lowest BCUT2D eigenvalue weighted by atomic mass is 9.93. The van der Waals surface area contributed by atoms with Crippen LogP contribution >= 0.6 is 0 Å². The van der Waals surface area contributed by atoms with E-state index in [4.69, 9.17) is 61.6 Å². The Morgan fingerprint density at radius 1 is 0.395 bits per heavy atom. The molecule has 21 N–H and O–H groups in total. The summed E-state index contributed by atoms with van der Waals surface area (Å²) in [6.45, 7) is -2.26. The van der Waals surface area contributed by atoms with Crippen molar-refractivity contribution in [3.05, 3.63) is 0 Å². The molecule has 7 heterocycles. The molecule has 0 aromatic rings. The fourth-order valence-corrected chi connectivity index (χ4v) is 10.3. The summed E-state index contributed by atoms with van der Waals surface area (Å²) in [6, 6.07) is -3.52. The van der Waals surface area contributed by atoms with E-state index in [-0.39, 0.29) is 0 Å². The van der Waals surface area contributed by atoms with Crippen molar-refractivity contribution in [2.24, 2.45) is 0 Å². The largest absolute Gasteiger partial charge is 0.394 e. The maximum absolute atomic E-state index is 12.9. The van der Waals surface area contributed by atoms with Crippen LogP contribution in [-0.4, -0.2) is 357 Å². The van der Waals surface area contributed by atoms with Gasteiger partial charge in [0, 0.05) is 13.8 Å². The highest BCUT2D eigenvalue weighted by Crippen LogP contribution is 2.38. The van der Waals surface area contributed by atoms with Gasteiger partial charge in [0.15, 0.2) is 44.0 Å². The van der Waals surface area contributed by atoms with Gasteiger partial charge in [-0.1, -0.05) is 0 Å². The zero-order chi connectivity index (χ0) is 59.6. The van der Waals surface area contributed by atoms with E-state index in [9.17, 15) is 107 Å². The van der Waals surface area contributed by atoms with Crippen molar-refractivity contribution in [3.63, 3.8) is 0 Å². The van der Waals surface area contributed by atoms with Crippen molar-refractivity contribution < 1.29 is 168 Å². The zero-order valence-electron chi connectivity index (χ0n) is 43.5. The van der Waals surface area contributed by atoms with Crippen LogP contribution in [0.3, 0.4) is 0 Å². The average Bonchev–Trinajstić information content (AvgIpc) is 3.55. The van der Waals surface area contributed by atoms with Gasteiger partial charge in [0.1, 0.15) is 159 Å². The van der Waals surface area contributed by atoms with E-state index in [2.05, 4.69) is 10.6 Å². The van der Waals surface area contributed by atoms with Gasteiger partial charge in [-0.25, -0.2) is 0 Å². The monoisotopic (exact) mass is 1190 g/mol. The third-order valence-corrected chi connectivity index (χ3v) is 14.9. The summed E-state index contributed by atoms with van der Waals surface area (Å²) in [7, 11) is 0. The summed E-state index contributed by atoms with van der Waals surface area (Å²) in [6.07, 6.45) is -61.1. The molecule has 0 bridgehead atoms. The maximum Gasteiger partial charge on any atom is 0.217 e. The van der Waals surface area contributed by atoms with E-state index in [1.165, 1.54) is 6.92 Å². The number of carbonyl (C=O) groups excluding carboxylic acids is 2. The van der Waals surface area contributed by atoms with E-state index in [0.717, 1.165) is 13.8 Å². The molecule has 36 nitrogen and oxygen atoms in total. The van der Waals surface area contributed by atoms with E-state index in [1.54, 1.807) is 0 Å². The number of hydrogen-bond donors (Lipinski definition) is 21. The number of hydrogen-bond acceptors (Lipinski definition) is 34. The average molecular weight is 1190 g/mol. The van der Waals surface area contributed by atoms with Crippen molar-refractivity contribution in [1.82, 2.24) is 10.6 Å². The van der Waals surface area contributed by atoms with Gasteiger partial charge < -0.3 is 169 Å². The summed E-state index contributed by atoms with van der Waals surface area (Å²) in [5, 5.41) is 209. The molecule has 0 aromatic carbocycles. The highest BCUT2D eigenvalue weighted by Gasteiger charge is 2.59. The molecule has 81 heavy (non-hydrogen) atoms. The SMILES string of the molecule is CC(=O)N[C@@H]1[C@@H](O[C@@H]2O[C@@H](C)[C@@H](O)[C@@H](O)[C@@H]2O)[C@H](O[C@@H]2O[C@H](CO)[C@@H](O[C@@H]3O[C@H](CO)[C@@H](O)[C@H](O[C@H]4O[C@H](CO[C@H]5O[C@H](CO)[C@@H](O)[C@H](O)[C@@H]5O)[C@@H](O)[C@H](O)[C@@H]4O)[C@@H]3O[C@@H]3OC[C@@H](O)[C@H](O)[C@H]3O)[C@H](O)[C@H]2NC(C)=O)[C@@H](CO)O[C@H]1O. The number of carbonyl (C=O) groups is 2. The second kappa shape index (κ2) is 28.4. The van der Waals surface area contributed by atoms with Crippen molar-refractivity contribution in [1.29, 1.82) is 0 Å². The Morgan fingerprint density at radius 2 is 0.840 bits per heavy atom. The first-order valence-electron chi connectivity index (χ1n) is 25.9. The highest BCUT2D eigenvalue weighted by atomic mass is 16.8. The predicted molar refractivity (Wildman–Crippen MR) is 248 cm³/mol. The van der Waals surface area contributed by atoms with Crippen LogP contribution in [0.15, 0.2) is 0 Å². The lowest BCUT2D eigenvalue weighted by molar-refractivity contribution is -0.403. The smallest absolute Gasteiger partial charge is 0.217 e. The molecular formula is C45H76N2O34. The molecule has 7 saturated heterocycles. The Bertz CT molecular complexity index is 1990. The molecule has 0 aliphatic carbocycles. The van der Waals surface area contributed by atoms with Gasteiger partial charge in [-0.15, -0.1) is 0 Å². The molecule has 7 aliphatic rings. The molecule has 7 rings (SSSR count). The van der Waals surface area contributed by atoms with Gasteiger partial charge in [0.05, 0.1) is 45.7 Å². The van der Waals surface area contributed by atoms with E-state index >= 15 is 0 Å². The van der Waals surface area contributed by atoms with Gasteiger partial charge in [0.2, 0.25) is 11.8 Å². The summed E-state index contributed by atoms with van der Waals surface area (Å²) in [5.74, 6) is -1.67. The second-order valence-electron chi connectivity index (χ2n) is 20.6. The second-order valence-corrected chi connectivity index (χ2v) is 20.6. The summed E-state index contributed by atoms with van der Waals surface area (Å²) < 4.78 is 75.9. The molecule has 0 spiro atoms. The number of aliphatic hydroxyl groups excluding tert-OH is 19. The molecule has 0 saturated carbocycles. The quantitative estimate of drug-likeness (QED) is 0.0571. The standard InChI is InChI=1S/C45H76N2O34/c1-10-21(55)27(61)32(66)43(71-10)79-36-20(47-12(3)53)39(68)72-17(7-51)35(36)78-40-19(46-11(2)52)26(60)34(16(6-50)75-40)77-45-38(81-42-30(64)22(56)13(54)8-69-42)37(25(59)15(5-49)74-45)80-44-33(67)29(63)24(58)18(76-44)9-70-41-31(65)28(62)23(57)14(4-48)73-41/h10,13-45,48-51,54-68H,4-9H2,1-3H3,(H,46,52)(H,47,53)/t10-,13+,14+,15+,16+,17+,18+,19+,20+,21+,22-,23+,24+,25+,26+,27+,28-,29-,30+,31-,32-,33-,34+,35+,36+,37-,38-,39+,40-,41-,42-,43-,44+,45-/m0/s1. The zero-order valence-corrected chi connectivity index (χ0v) is 43.5. The Kier molecular flexibility index (Phi) is 23.2. The van der Waals surface area contributed by atoms with Crippen molar-refractivity contribution in [3.8, 4) is 0 Å². The third kappa shape index (κ3) is 14.4. The van der Waals surface area contributed by atoms with E-state index in [0.29, 0.717) is 0 Å². The van der Waals surface area contributed by atoms with Crippen LogP contribution in [0.1, 0.15) is 20.8 Å². The van der Waals surface area contributed by atoms with Gasteiger partial charge in [-0.05, 0) is 6.92 Å².